The third-order valence-corrected chi connectivity index (χ3v) is 13.6. The first-order valence-electron chi connectivity index (χ1n) is 19.1. The van der Waals surface area contributed by atoms with Crippen molar-refractivity contribution in [2.75, 3.05) is 0 Å². The van der Waals surface area contributed by atoms with Crippen LogP contribution in [0.1, 0.15) is 5.56 Å². The maximum Gasteiger partial charge on any atom is 0.252 e. The van der Waals surface area contributed by atoms with Crippen molar-refractivity contribution < 1.29 is 0 Å². The van der Waals surface area contributed by atoms with Gasteiger partial charge in [0.25, 0.3) is 6.71 Å². The second-order valence-corrected chi connectivity index (χ2v) is 16.0. The lowest BCUT2D eigenvalue weighted by Gasteiger charge is -2.34. The van der Waals surface area contributed by atoms with Crippen LogP contribution >= 0.6 is 0 Å². The summed E-state index contributed by atoms with van der Waals surface area (Å²) >= 11 is 0. The zero-order chi connectivity index (χ0) is 34.7. The van der Waals surface area contributed by atoms with Crippen LogP contribution in [-0.2, 0) is 0 Å². The van der Waals surface area contributed by atoms with Crippen molar-refractivity contribution in [2.45, 2.75) is 6.92 Å². The number of aryl methyl sites for hydroxylation is 1. The van der Waals surface area contributed by atoms with Gasteiger partial charge in [-0.2, -0.15) is 0 Å². The number of nitrogens with zero attached hydrogens (tertiary/aromatic N) is 2. The quantitative estimate of drug-likeness (QED) is 0.141. The zero-order valence-electron chi connectivity index (χ0n) is 29.3. The van der Waals surface area contributed by atoms with Crippen LogP contribution in [-0.4, -0.2) is 15.8 Å². The van der Waals surface area contributed by atoms with Gasteiger partial charge >= 0.3 is 0 Å². The average Bonchev–Trinajstić information content (AvgIpc) is 3.67. The Balaban J connectivity index is 1.20. The van der Waals surface area contributed by atoms with E-state index in [1.807, 2.05) is 0 Å². The van der Waals surface area contributed by atoms with Crippen molar-refractivity contribution in [3.63, 3.8) is 0 Å². The maximum atomic E-state index is 2.65. The van der Waals surface area contributed by atoms with Crippen LogP contribution in [0.2, 0.25) is 0 Å². The smallest absolute Gasteiger partial charge is 0.252 e. The molecule has 15 rings (SSSR count). The molecule has 2 nitrogen and oxygen atoms in total. The van der Waals surface area contributed by atoms with Crippen molar-refractivity contribution in [1.82, 2.24) is 9.13 Å². The van der Waals surface area contributed by atoms with E-state index in [4.69, 9.17) is 0 Å². The van der Waals surface area contributed by atoms with Gasteiger partial charge in [-0.15, -0.1) is 0 Å². The summed E-state index contributed by atoms with van der Waals surface area (Å²) in [5, 5.41) is 10.9. The number of fused-ring (bicyclic) bond motifs is 12. The van der Waals surface area contributed by atoms with Gasteiger partial charge in [0.1, 0.15) is 0 Å². The minimum atomic E-state index is 0.0876. The normalized spacial score (nSPS) is 13.6. The van der Waals surface area contributed by atoms with E-state index in [0.717, 1.165) is 0 Å². The third kappa shape index (κ3) is 2.74. The standard InChI is InChI=1S/C51H27BN2/c1-26-23-41-49-42(24-26)54-40-22-19-27-9-6-15-33-30-12-3-5-14-32(30)36-20-21-37(50(54)46(36)47(40)43(27)33)52(49)38-25-28-10-7-16-34-29-11-2-4-13-31(29)35-17-8-18-39-45(35)48(44(28)34)51(38)53(39)41/h2-25H,1H3. The molecular formula is C51H27BN2. The molecule has 0 bridgehead atoms. The lowest BCUT2D eigenvalue weighted by atomic mass is 9.34. The first-order chi connectivity index (χ1) is 26.7. The summed E-state index contributed by atoms with van der Waals surface area (Å²) in [5.74, 6) is 0. The molecule has 0 radical (unpaired) electrons. The molecule has 0 spiro atoms. The van der Waals surface area contributed by atoms with E-state index in [-0.39, 0.29) is 6.71 Å². The fraction of sp³-hybridized carbons (Fsp3) is 0.0196. The summed E-state index contributed by atoms with van der Waals surface area (Å²) in [6, 6.07) is 56.1. The Labute approximate surface area is 310 Å². The summed E-state index contributed by atoms with van der Waals surface area (Å²) in [6.45, 7) is 2.37. The molecule has 2 aromatic heterocycles. The minimum Gasteiger partial charge on any atom is -0.310 e. The number of aromatic nitrogens is 2. The molecule has 0 unspecified atom stereocenters. The fourth-order valence-electron chi connectivity index (χ4n) is 11.8. The molecule has 11 aromatic rings. The second-order valence-electron chi connectivity index (χ2n) is 16.0. The Morgan fingerprint density at radius 1 is 0.370 bits per heavy atom. The molecule has 2 aliphatic carbocycles. The van der Waals surface area contributed by atoms with E-state index in [1.54, 1.807) is 0 Å². The molecular weight excluding hydrogens is 651 g/mol. The third-order valence-electron chi connectivity index (χ3n) is 13.6. The van der Waals surface area contributed by atoms with Crippen molar-refractivity contribution in [1.29, 1.82) is 0 Å². The number of rotatable bonds is 0. The van der Waals surface area contributed by atoms with Crippen molar-refractivity contribution >= 4 is 88.3 Å². The molecule has 9 aromatic carbocycles. The molecule has 0 amide bonds. The molecule has 2 aliphatic heterocycles. The Hall–Kier alpha value is -6.84. The molecule has 0 saturated carbocycles. The van der Waals surface area contributed by atoms with E-state index < -0.39 is 0 Å². The van der Waals surface area contributed by atoms with Crippen molar-refractivity contribution in [2.24, 2.45) is 0 Å². The summed E-state index contributed by atoms with van der Waals surface area (Å²) in [4.78, 5) is 0. The van der Waals surface area contributed by atoms with E-state index in [1.165, 1.54) is 143 Å². The predicted octanol–water partition coefficient (Wildman–Crippen LogP) is 10.9. The summed E-state index contributed by atoms with van der Waals surface area (Å²) < 4.78 is 5.29. The van der Waals surface area contributed by atoms with Gasteiger partial charge < -0.3 is 9.13 Å². The molecule has 4 heterocycles. The van der Waals surface area contributed by atoms with Gasteiger partial charge in [0, 0.05) is 32.9 Å². The highest BCUT2D eigenvalue weighted by Gasteiger charge is 2.43. The van der Waals surface area contributed by atoms with Gasteiger partial charge in [0.2, 0.25) is 0 Å². The molecule has 244 valence electrons. The first kappa shape index (κ1) is 26.9. The van der Waals surface area contributed by atoms with Gasteiger partial charge in [0.15, 0.2) is 0 Å². The van der Waals surface area contributed by atoms with Crippen LogP contribution in [0.3, 0.4) is 0 Å². The first-order valence-corrected chi connectivity index (χ1v) is 19.1. The Bertz CT molecular complexity index is 3690. The number of benzene rings is 9. The summed E-state index contributed by atoms with van der Waals surface area (Å²) in [5.41, 5.74) is 24.0. The van der Waals surface area contributed by atoms with Crippen LogP contribution in [0, 0.1) is 6.92 Å². The highest BCUT2D eigenvalue weighted by Crippen LogP contribution is 2.52. The fourth-order valence-corrected chi connectivity index (χ4v) is 11.8. The molecule has 0 atom stereocenters. The van der Waals surface area contributed by atoms with Gasteiger partial charge in [-0.25, -0.2) is 0 Å². The summed E-state index contributed by atoms with van der Waals surface area (Å²) in [7, 11) is 0. The Morgan fingerprint density at radius 2 is 0.907 bits per heavy atom. The van der Waals surface area contributed by atoms with Crippen LogP contribution in [0.15, 0.2) is 146 Å². The SMILES string of the molecule is Cc1cc2c3c(c1)-n1c4cccc5c4c4c6c(cccc6cc(c41)B3c1ccc3c4c6c7c(cccc7ccc6n-2c14)-c1ccccc1-3)-c1ccccc1-5. The second kappa shape index (κ2) is 8.68. The topological polar surface area (TPSA) is 9.86 Å². The van der Waals surface area contributed by atoms with Crippen LogP contribution < -0.4 is 16.4 Å². The highest BCUT2D eigenvalue weighted by molar-refractivity contribution is 7.00. The molecule has 0 saturated heterocycles. The highest BCUT2D eigenvalue weighted by atomic mass is 15.0. The monoisotopic (exact) mass is 678 g/mol. The van der Waals surface area contributed by atoms with Crippen molar-refractivity contribution in [3.05, 3.63) is 151 Å². The molecule has 3 heteroatoms. The Morgan fingerprint density at radius 3 is 1.59 bits per heavy atom. The largest absolute Gasteiger partial charge is 0.310 e. The van der Waals surface area contributed by atoms with Crippen molar-refractivity contribution in [3.8, 4) is 55.9 Å². The minimum absolute atomic E-state index is 0.0876. The van der Waals surface area contributed by atoms with E-state index in [2.05, 4.69) is 162 Å². The molecule has 54 heavy (non-hydrogen) atoms. The average molecular weight is 679 g/mol. The Kier molecular flexibility index (Phi) is 4.32. The van der Waals surface area contributed by atoms with Gasteiger partial charge in [0.05, 0.1) is 22.1 Å². The lowest BCUT2D eigenvalue weighted by molar-refractivity contribution is 1.13. The predicted molar refractivity (Wildman–Crippen MR) is 228 cm³/mol. The van der Waals surface area contributed by atoms with Gasteiger partial charge in [-0.3, -0.25) is 0 Å². The molecule has 4 aliphatic rings. The van der Waals surface area contributed by atoms with E-state index in [9.17, 15) is 0 Å². The van der Waals surface area contributed by atoms with Crippen LogP contribution in [0.25, 0.3) is 121 Å². The number of hydrogen-bond donors (Lipinski definition) is 0. The zero-order valence-corrected chi connectivity index (χ0v) is 29.3. The summed E-state index contributed by atoms with van der Waals surface area (Å²) in [6.07, 6.45) is 0. The van der Waals surface area contributed by atoms with Crippen LogP contribution in [0.5, 0.6) is 0 Å². The van der Waals surface area contributed by atoms with E-state index in [0.29, 0.717) is 0 Å². The van der Waals surface area contributed by atoms with E-state index >= 15 is 0 Å². The number of hydrogen-bond acceptors (Lipinski definition) is 0. The molecule has 0 fully saturated rings. The lowest BCUT2D eigenvalue weighted by Crippen LogP contribution is -2.59. The van der Waals surface area contributed by atoms with Gasteiger partial charge in [-0.1, -0.05) is 121 Å². The van der Waals surface area contributed by atoms with Crippen LogP contribution in [0.4, 0.5) is 0 Å². The maximum absolute atomic E-state index is 2.65. The molecule has 0 N–H and O–H groups in total. The van der Waals surface area contributed by atoms with Gasteiger partial charge in [-0.05, 0) is 119 Å².